The van der Waals surface area contributed by atoms with E-state index in [-0.39, 0.29) is 24.7 Å². The fourth-order valence-corrected chi connectivity index (χ4v) is 3.07. The highest BCUT2D eigenvalue weighted by Gasteiger charge is 2.23. The summed E-state index contributed by atoms with van der Waals surface area (Å²) in [6.07, 6.45) is 1.93. The molecular formula is C20H24N4O4. The first kappa shape index (κ1) is 19.6. The Morgan fingerprint density at radius 2 is 1.86 bits per heavy atom. The van der Waals surface area contributed by atoms with Crippen LogP contribution in [0.4, 0.5) is 11.5 Å². The molecule has 1 aromatic carbocycles. The number of carbonyl (C=O) groups is 2. The van der Waals surface area contributed by atoms with Crippen molar-refractivity contribution in [3.05, 3.63) is 48.2 Å². The Kier molecular flexibility index (Phi) is 6.10. The number of nitrogens with one attached hydrogen (secondary N) is 1. The van der Waals surface area contributed by atoms with Crippen LogP contribution in [0.2, 0.25) is 0 Å². The van der Waals surface area contributed by atoms with Crippen molar-refractivity contribution in [1.29, 1.82) is 0 Å². The van der Waals surface area contributed by atoms with Crippen LogP contribution in [0.3, 0.4) is 0 Å². The van der Waals surface area contributed by atoms with Crippen molar-refractivity contribution < 1.29 is 19.1 Å². The number of nitrogens with zero attached hydrogens (tertiary/aromatic N) is 2. The number of hydrogen-bond acceptors (Lipinski definition) is 6. The van der Waals surface area contributed by atoms with E-state index in [9.17, 15) is 9.59 Å². The summed E-state index contributed by atoms with van der Waals surface area (Å²) in [5.74, 6) is 0.512. The normalized spacial score (nSPS) is 19.1. The molecule has 0 spiro atoms. The average Bonchev–Trinajstić information content (AvgIpc) is 2.66. The van der Waals surface area contributed by atoms with Crippen LogP contribution in [-0.4, -0.2) is 48.7 Å². The van der Waals surface area contributed by atoms with Crippen LogP contribution in [0, 0.1) is 0 Å². The van der Waals surface area contributed by atoms with E-state index in [0.717, 1.165) is 18.9 Å². The smallest absolute Gasteiger partial charge is 0.262 e. The number of primary amides is 1. The van der Waals surface area contributed by atoms with E-state index in [2.05, 4.69) is 15.2 Å². The molecule has 8 nitrogen and oxygen atoms in total. The predicted octanol–water partition coefficient (Wildman–Crippen LogP) is 1.81. The fraction of sp³-hybridized carbons (Fsp3) is 0.350. The maximum Gasteiger partial charge on any atom is 0.262 e. The molecule has 1 aliphatic rings. The molecule has 2 heterocycles. The van der Waals surface area contributed by atoms with E-state index < -0.39 is 5.91 Å². The summed E-state index contributed by atoms with van der Waals surface area (Å²) < 4.78 is 11.1. The molecular weight excluding hydrogens is 360 g/mol. The molecule has 0 saturated carbocycles. The summed E-state index contributed by atoms with van der Waals surface area (Å²) in [5.41, 5.74) is 6.16. The number of anilines is 2. The van der Waals surface area contributed by atoms with Gasteiger partial charge >= 0.3 is 0 Å². The van der Waals surface area contributed by atoms with Crippen LogP contribution < -0.4 is 20.7 Å². The molecule has 1 aromatic heterocycles. The zero-order valence-electron chi connectivity index (χ0n) is 15.9. The van der Waals surface area contributed by atoms with Gasteiger partial charge in [0.2, 0.25) is 5.91 Å². The first-order chi connectivity index (χ1) is 13.4. The van der Waals surface area contributed by atoms with Gasteiger partial charge in [-0.3, -0.25) is 9.59 Å². The summed E-state index contributed by atoms with van der Waals surface area (Å²) in [6.45, 7) is 5.49. The number of pyridine rings is 1. The molecule has 2 aromatic rings. The van der Waals surface area contributed by atoms with E-state index in [1.807, 2.05) is 26.0 Å². The number of ether oxygens (including phenoxy) is 2. The summed E-state index contributed by atoms with van der Waals surface area (Å²) in [5, 5.41) is 2.75. The predicted molar refractivity (Wildman–Crippen MR) is 106 cm³/mol. The molecule has 2 unspecified atom stereocenters. The number of morpholine rings is 1. The standard InChI is InChI=1S/C20H24N4O4/c1-13-10-24(11-14(2)28-13)18-8-5-16(9-22-18)23-19(25)12-27-17-6-3-15(4-7-17)20(21)26/h3-9,13-14H,10-12H2,1-2H3,(H2,21,26)(H,23,25). The molecule has 2 amide bonds. The number of nitrogens with two attached hydrogens (primary N) is 1. The van der Waals surface area contributed by atoms with Gasteiger partial charge in [0, 0.05) is 18.7 Å². The number of benzene rings is 1. The summed E-state index contributed by atoms with van der Waals surface area (Å²) in [6, 6.07) is 9.97. The second-order valence-corrected chi connectivity index (χ2v) is 6.79. The third-order valence-corrected chi connectivity index (χ3v) is 4.28. The second-order valence-electron chi connectivity index (χ2n) is 6.79. The van der Waals surface area contributed by atoms with Crippen molar-refractivity contribution in [3.63, 3.8) is 0 Å². The van der Waals surface area contributed by atoms with Crippen LogP contribution >= 0.6 is 0 Å². The first-order valence-corrected chi connectivity index (χ1v) is 9.09. The summed E-state index contributed by atoms with van der Waals surface area (Å²) in [4.78, 5) is 29.7. The van der Waals surface area contributed by atoms with E-state index in [1.165, 1.54) is 0 Å². The van der Waals surface area contributed by atoms with Crippen LogP contribution in [0.5, 0.6) is 5.75 Å². The van der Waals surface area contributed by atoms with Crippen molar-refractivity contribution in [2.75, 3.05) is 29.9 Å². The number of aromatic nitrogens is 1. The van der Waals surface area contributed by atoms with Crippen molar-refractivity contribution >= 4 is 23.3 Å². The van der Waals surface area contributed by atoms with E-state index >= 15 is 0 Å². The topological polar surface area (TPSA) is 107 Å². The number of hydrogen-bond donors (Lipinski definition) is 2. The lowest BCUT2D eigenvalue weighted by Crippen LogP contribution is -2.45. The summed E-state index contributed by atoms with van der Waals surface area (Å²) in [7, 11) is 0. The second kappa shape index (κ2) is 8.71. The third-order valence-electron chi connectivity index (χ3n) is 4.28. The average molecular weight is 384 g/mol. The fourth-order valence-electron chi connectivity index (χ4n) is 3.07. The molecule has 3 rings (SSSR count). The van der Waals surface area contributed by atoms with Crippen LogP contribution in [0.25, 0.3) is 0 Å². The van der Waals surface area contributed by atoms with Gasteiger partial charge < -0.3 is 25.4 Å². The van der Waals surface area contributed by atoms with Gasteiger partial charge in [0.1, 0.15) is 11.6 Å². The third kappa shape index (κ3) is 5.20. The highest BCUT2D eigenvalue weighted by Crippen LogP contribution is 2.19. The van der Waals surface area contributed by atoms with Crippen molar-refractivity contribution in [3.8, 4) is 5.75 Å². The van der Waals surface area contributed by atoms with Gasteiger partial charge in [-0.25, -0.2) is 4.98 Å². The van der Waals surface area contributed by atoms with Gasteiger partial charge in [0.25, 0.3) is 5.91 Å². The van der Waals surface area contributed by atoms with Crippen molar-refractivity contribution in [2.45, 2.75) is 26.1 Å². The molecule has 1 saturated heterocycles. The van der Waals surface area contributed by atoms with E-state index in [1.54, 1.807) is 30.5 Å². The molecule has 3 N–H and O–H groups in total. The monoisotopic (exact) mass is 384 g/mol. The molecule has 0 aliphatic carbocycles. The molecule has 1 fully saturated rings. The lowest BCUT2D eigenvalue weighted by molar-refractivity contribution is -0.118. The largest absolute Gasteiger partial charge is 0.484 e. The Labute approximate surface area is 163 Å². The maximum atomic E-state index is 12.1. The number of rotatable bonds is 6. The molecule has 2 atom stereocenters. The molecule has 148 valence electrons. The van der Waals surface area contributed by atoms with Crippen LogP contribution in [0.1, 0.15) is 24.2 Å². The van der Waals surface area contributed by atoms with Gasteiger partial charge in [0.15, 0.2) is 6.61 Å². The highest BCUT2D eigenvalue weighted by molar-refractivity contribution is 5.93. The minimum atomic E-state index is -0.513. The highest BCUT2D eigenvalue weighted by atomic mass is 16.5. The quantitative estimate of drug-likeness (QED) is 0.787. The zero-order valence-corrected chi connectivity index (χ0v) is 15.9. The number of amides is 2. The minimum absolute atomic E-state index is 0.152. The van der Waals surface area contributed by atoms with Crippen LogP contribution in [0.15, 0.2) is 42.6 Å². The van der Waals surface area contributed by atoms with Gasteiger partial charge in [-0.2, -0.15) is 0 Å². The number of carbonyl (C=O) groups excluding carboxylic acids is 2. The van der Waals surface area contributed by atoms with Crippen molar-refractivity contribution in [2.24, 2.45) is 5.73 Å². The first-order valence-electron chi connectivity index (χ1n) is 9.09. The van der Waals surface area contributed by atoms with Gasteiger partial charge in [-0.15, -0.1) is 0 Å². The Balaban J connectivity index is 1.51. The Morgan fingerprint density at radius 3 is 2.43 bits per heavy atom. The molecule has 1 aliphatic heterocycles. The molecule has 28 heavy (non-hydrogen) atoms. The van der Waals surface area contributed by atoms with Gasteiger partial charge in [0.05, 0.1) is 24.1 Å². The lowest BCUT2D eigenvalue weighted by Gasteiger charge is -2.36. The minimum Gasteiger partial charge on any atom is -0.484 e. The maximum absolute atomic E-state index is 12.1. The Hall–Kier alpha value is -3.13. The zero-order chi connectivity index (χ0) is 20.1. The SMILES string of the molecule is CC1CN(c2ccc(NC(=O)COc3ccc(C(N)=O)cc3)cn2)CC(C)O1. The summed E-state index contributed by atoms with van der Waals surface area (Å²) >= 11 is 0. The Bertz CT molecular complexity index is 813. The van der Waals surface area contributed by atoms with E-state index in [0.29, 0.717) is 17.0 Å². The molecule has 8 heteroatoms. The lowest BCUT2D eigenvalue weighted by atomic mass is 10.2. The van der Waals surface area contributed by atoms with Gasteiger partial charge in [-0.05, 0) is 50.2 Å². The van der Waals surface area contributed by atoms with Gasteiger partial charge in [-0.1, -0.05) is 0 Å². The molecule has 0 bridgehead atoms. The van der Waals surface area contributed by atoms with E-state index in [4.69, 9.17) is 15.2 Å². The Morgan fingerprint density at radius 1 is 1.18 bits per heavy atom. The molecule has 0 radical (unpaired) electrons. The van der Waals surface area contributed by atoms with Crippen molar-refractivity contribution in [1.82, 2.24) is 4.98 Å². The van der Waals surface area contributed by atoms with Crippen LogP contribution in [-0.2, 0) is 9.53 Å².